The molecule has 36 heavy (non-hydrogen) atoms. The Morgan fingerprint density at radius 2 is 0.917 bits per heavy atom. The third-order valence-electron chi connectivity index (χ3n) is 5.43. The second kappa shape index (κ2) is 11.5. The highest BCUT2D eigenvalue weighted by Gasteiger charge is 2.05. The Bertz CT molecular complexity index is 1310. The number of aromatic nitrogens is 2. The second-order valence-electron chi connectivity index (χ2n) is 7.84. The molecule has 178 valence electrons. The van der Waals surface area contributed by atoms with E-state index in [-0.39, 0.29) is 11.9 Å². The van der Waals surface area contributed by atoms with Gasteiger partial charge in [-0.1, -0.05) is 48.6 Å². The van der Waals surface area contributed by atoms with Crippen molar-refractivity contribution in [1.29, 1.82) is 0 Å². The molecule has 0 unspecified atom stereocenters. The van der Waals surface area contributed by atoms with E-state index in [1.165, 1.54) is 14.2 Å². The van der Waals surface area contributed by atoms with Gasteiger partial charge in [0.05, 0.1) is 36.7 Å². The Labute approximate surface area is 209 Å². The number of ether oxygens (including phenoxy) is 2. The first-order chi connectivity index (χ1) is 17.6. The van der Waals surface area contributed by atoms with E-state index in [1.54, 1.807) is 36.7 Å². The summed E-state index contributed by atoms with van der Waals surface area (Å²) in [6, 6.07) is 22.2. The van der Waals surface area contributed by atoms with Crippen LogP contribution >= 0.6 is 0 Å². The molecule has 0 atom stereocenters. The van der Waals surface area contributed by atoms with E-state index in [0.29, 0.717) is 11.1 Å². The van der Waals surface area contributed by atoms with Crippen molar-refractivity contribution in [3.05, 3.63) is 119 Å². The molecule has 6 heteroatoms. The van der Waals surface area contributed by atoms with Gasteiger partial charge < -0.3 is 9.47 Å². The van der Waals surface area contributed by atoms with Gasteiger partial charge in [-0.25, -0.2) is 9.59 Å². The summed E-state index contributed by atoms with van der Waals surface area (Å²) in [4.78, 5) is 32.1. The minimum Gasteiger partial charge on any atom is -0.465 e. The highest BCUT2D eigenvalue weighted by Crippen LogP contribution is 2.20. The Morgan fingerprint density at radius 3 is 1.28 bits per heavy atom. The van der Waals surface area contributed by atoms with Gasteiger partial charge in [0.25, 0.3) is 0 Å². The van der Waals surface area contributed by atoms with Crippen LogP contribution in [0.5, 0.6) is 0 Å². The summed E-state index contributed by atoms with van der Waals surface area (Å²) < 4.78 is 9.47. The molecule has 0 amide bonds. The predicted octanol–water partition coefficient (Wildman–Crippen LogP) is 6.06. The van der Waals surface area contributed by atoms with E-state index in [0.717, 1.165) is 33.6 Å². The van der Waals surface area contributed by atoms with E-state index < -0.39 is 0 Å². The fraction of sp³-hybridized carbons (Fsp3) is 0.0667. The summed E-state index contributed by atoms with van der Waals surface area (Å²) in [5.41, 5.74) is 6.43. The Kier molecular flexibility index (Phi) is 7.78. The van der Waals surface area contributed by atoms with Crippen LogP contribution in [0.1, 0.15) is 43.0 Å². The predicted molar refractivity (Wildman–Crippen MR) is 141 cm³/mol. The lowest BCUT2D eigenvalue weighted by molar-refractivity contribution is 0.0592. The van der Waals surface area contributed by atoms with Gasteiger partial charge in [0.1, 0.15) is 0 Å². The fourth-order valence-corrected chi connectivity index (χ4v) is 3.46. The number of carbonyl (C=O) groups excluding carboxylic acids is 2. The first-order valence-electron chi connectivity index (χ1n) is 11.2. The number of hydrogen-bond acceptors (Lipinski definition) is 6. The minimum atomic E-state index is -0.356. The molecule has 0 N–H and O–H groups in total. The van der Waals surface area contributed by atoms with Gasteiger partial charge in [-0.2, -0.15) is 0 Å². The van der Waals surface area contributed by atoms with Gasteiger partial charge in [0.2, 0.25) is 0 Å². The molecule has 2 heterocycles. The van der Waals surface area contributed by atoms with E-state index in [1.807, 2.05) is 72.8 Å². The van der Waals surface area contributed by atoms with Crippen LogP contribution in [0.4, 0.5) is 0 Å². The monoisotopic (exact) mass is 476 g/mol. The van der Waals surface area contributed by atoms with Crippen molar-refractivity contribution in [2.24, 2.45) is 0 Å². The highest BCUT2D eigenvalue weighted by atomic mass is 16.5. The molecule has 0 saturated heterocycles. The number of carbonyl (C=O) groups is 2. The van der Waals surface area contributed by atoms with Gasteiger partial charge in [-0.05, 0) is 70.8 Å². The lowest BCUT2D eigenvalue weighted by Gasteiger charge is -2.03. The van der Waals surface area contributed by atoms with Crippen molar-refractivity contribution in [3.8, 4) is 11.4 Å². The van der Waals surface area contributed by atoms with Crippen LogP contribution in [0.15, 0.2) is 85.2 Å². The van der Waals surface area contributed by atoms with Crippen LogP contribution in [0.25, 0.3) is 35.7 Å². The van der Waals surface area contributed by atoms with Crippen LogP contribution in [-0.2, 0) is 9.47 Å². The van der Waals surface area contributed by atoms with Crippen molar-refractivity contribution in [1.82, 2.24) is 9.97 Å². The lowest BCUT2D eigenvalue weighted by Crippen LogP contribution is -2.00. The molecular weight excluding hydrogens is 452 g/mol. The van der Waals surface area contributed by atoms with Crippen LogP contribution in [0.3, 0.4) is 0 Å². The van der Waals surface area contributed by atoms with E-state index in [9.17, 15) is 9.59 Å². The van der Waals surface area contributed by atoms with Crippen molar-refractivity contribution in [2.45, 2.75) is 0 Å². The van der Waals surface area contributed by atoms with Gasteiger partial charge in [-0.3, -0.25) is 9.97 Å². The first-order valence-corrected chi connectivity index (χ1v) is 11.2. The molecule has 0 saturated carbocycles. The van der Waals surface area contributed by atoms with Crippen LogP contribution in [0, 0.1) is 0 Å². The molecule has 0 radical (unpaired) electrons. The summed E-state index contributed by atoms with van der Waals surface area (Å²) in [5, 5.41) is 0. The summed E-state index contributed by atoms with van der Waals surface area (Å²) in [6.07, 6.45) is 11.4. The molecular formula is C30H24N2O4. The summed E-state index contributed by atoms with van der Waals surface area (Å²) in [5.74, 6) is -0.712. The molecule has 4 aromatic rings. The molecule has 2 aromatic heterocycles. The maximum absolute atomic E-state index is 11.6. The Morgan fingerprint density at radius 1 is 0.556 bits per heavy atom. The van der Waals surface area contributed by atoms with E-state index >= 15 is 0 Å². The standard InChI is InChI=1S/C30H24N2O4/c1-35-29(33)25-11-7-21(8-12-25)3-5-23-15-17-31-27(19-23)28-20-24(16-18-32-28)6-4-22-9-13-26(14-10-22)30(34)36-2/h3-20H,1-2H3/b5-3+,6-4+. The molecule has 0 aliphatic rings. The maximum Gasteiger partial charge on any atom is 0.337 e. The topological polar surface area (TPSA) is 78.4 Å². The Balaban J connectivity index is 1.48. The van der Waals surface area contributed by atoms with Crippen LogP contribution in [0.2, 0.25) is 0 Å². The van der Waals surface area contributed by atoms with Gasteiger partial charge >= 0.3 is 11.9 Å². The van der Waals surface area contributed by atoms with Crippen molar-refractivity contribution >= 4 is 36.2 Å². The number of benzene rings is 2. The van der Waals surface area contributed by atoms with Crippen molar-refractivity contribution < 1.29 is 19.1 Å². The zero-order valence-electron chi connectivity index (χ0n) is 19.9. The third kappa shape index (κ3) is 6.18. The smallest absolute Gasteiger partial charge is 0.337 e. The summed E-state index contributed by atoms with van der Waals surface area (Å²) in [7, 11) is 2.73. The number of methoxy groups -OCH3 is 2. The molecule has 0 aliphatic heterocycles. The number of hydrogen-bond donors (Lipinski definition) is 0. The molecule has 4 rings (SSSR count). The number of pyridine rings is 2. The average Bonchev–Trinajstić information content (AvgIpc) is 2.95. The first kappa shape index (κ1) is 24.3. The zero-order valence-corrected chi connectivity index (χ0v) is 19.9. The second-order valence-corrected chi connectivity index (χ2v) is 7.84. The minimum absolute atomic E-state index is 0.356. The summed E-state index contributed by atoms with van der Waals surface area (Å²) >= 11 is 0. The maximum atomic E-state index is 11.6. The number of esters is 2. The zero-order chi connectivity index (χ0) is 25.3. The van der Waals surface area contributed by atoms with E-state index in [4.69, 9.17) is 9.47 Å². The largest absolute Gasteiger partial charge is 0.465 e. The number of rotatable bonds is 7. The average molecular weight is 477 g/mol. The normalized spacial score (nSPS) is 11.1. The van der Waals surface area contributed by atoms with Crippen molar-refractivity contribution in [3.63, 3.8) is 0 Å². The molecule has 0 bridgehead atoms. The lowest BCUT2D eigenvalue weighted by atomic mass is 10.1. The van der Waals surface area contributed by atoms with Gasteiger partial charge in [0.15, 0.2) is 0 Å². The molecule has 0 spiro atoms. The molecule has 2 aromatic carbocycles. The van der Waals surface area contributed by atoms with E-state index in [2.05, 4.69) is 9.97 Å². The highest BCUT2D eigenvalue weighted by molar-refractivity contribution is 5.90. The third-order valence-corrected chi connectivity index (χ3v) is 5.43. The van der Waals surface area contributed by atoms with Gasteiger partial charge in [-0.15, -0.1) is 0 Å². The fourth-order valence-electron chi connectivity index (χ4n) is 3.46. The molecule has 0 aliphatic carbocycles. The van der Waals surface area contributed by atoms with Crippen LogP contribution in [-0.4, -0.2) is 36.1 Å². The quantitative estimate of drug-likeness (QED) is 0.302. The van der Waals surface area contributed by atoms with Crippen molar-refractivity contribution in [2.75, 3.05) is 14.2 Å². The summed E-state index contributed by atoms with van der Waals surface area (Å²) in [6.45, 7) is 0. The van der Waals surface area contributed by atoms with Gasteiger partial charge in [0, 0.05) is 12.4 Å². The number of nitrogens with zero attached hydrogens (tertiary/aromatic N) is 2. The van der Waals surface area contributed by atoms with Crippen LogP contribution < -0.4 is 0 Å². The molecule has 6 nitrogen and oxygen atoms in total. The SMILES string of the molecule is COC(=O)c1ccc(/C=C/c2ccnc(-c3cc(/C=C/c4ccc(C(=O)OC)cc4)ccn3)c2)cc1. The Hall–Kier alpha value is -4.84. The molecule has 0 fully saturated rings.